The van der Waals surface area contributed by atoms with Crippen LogP contribution in [0.1, 0.15) is 51.7 Å². The highest BCUT2D eigenvalue weighted by Crippen LogP contribution is 2.48. The van der Waals surface area contributed by atoms with Crippen molar-refractivity contribution in [2.24, 2.45) is 0 Å². The van der Waals surface area contributed by atoms with E-state index in [1.165, 1.54) is 40.8 Å². The number of ether oxygens (including phenoxy) is 2. The Kier molecular flexibility index (Phi) is 4.41. The van der Waals surface area contributed by atoms with Crippen LogP contribution in [-0.2, 0) is 6.61 Å². The van der Waals surface area contributed by atoms with Crippen LogP contribution in [0.15, 0.2) is 36.4 Å². The fraction of sp³-hybridized carbons (Fsp3) is 0.417. The summed E-state index contributed by atoms with van der Waals surface area (Å²) in [6.45, 7) is 10.8. The molecule has 0 N–H and O–H groups in total. The smallest absolute Gasteiger partial charge is 0.127 e. The fourth-order valence-corrected chi connectivity index (χ4v) is 4.54. The van der Waals surface area contributed by atoms with Gasteiger partial charge in [-0.05, 0) is 62.6 Å². The highest BCUT2D eigenvalue weighted by molar-refractivity contribution is 5.90. The van der Waals surface area contributed by atoms with E-state index in [1.54, 1.807) is 7.11 Å². The molecule has 0 aliphatic carbocycles. The van der Waals surface area contributed by atoms with Crippen molar-refractivity contribution in [1.29, 1.82) is 0 Å². The number of hydrogen-bond acceptors (Lipinski definition) is 3. The molecule has 142 valence electrons. The molecule has 0 spiro atoms. The molecule has 3 heteroatoms. The first-order chi connectivity index (χ1) is 13.0. The Morgan fingerprint density at radius 1 is 1.15 bits per heavy atom. The molecule has 2 aromatic rings. The van der Waals surface area contributed by atoms with Crippen LogP contribution in [0.25, 0.3) is 16.7 Å². The number of unbranched alkanes of at least 4 members (excludes halogenated alkanes) is 1. The van der Waals surface area contributed by atoms with Crippen molar-refractivity contribution in [3.8, 4) is 22.6 Å². The van der Waals surface area contributed by atoms with Gasteiger partial charge < -0.3 is 14.4 Å². The molecule has 4 rings (SSSR count). The highest BCUT2D eigenvalue weighted by atomic mass is 16.5. The molecule has 0 radical (unpaired) electrons. The lowest BCUT2D eigenvalue weighted by Gasteiger charge is -2.44. The van der Waals surface area contributed by atoms with Gasteiger partial charge in [-0.1, -0.05) is 25.5 Å². The molecule has 0 atom stereocenters. The Morgan fingerprint density at radius 3 is 2.70 bits per heavy atom. The number of nitrogens with zero attached hydrogens (tertiary/aromatic N) is 1. The number of rotatable bonds is 4. The molecule has 0 amide bonds. The Labute approximate surface area is 162 Å². The van der Waals surface area contributed by atoms with Crippen molar-refractivity contribution in [3.63, 3.8) is 0 Å². The Bertz CT molecular complexity index is 911. The van der Waals surface area contributed by atoms with Gasteiger partial charge in [0.05, 0.1) is 12.6 Å². The van der Waals surface area contributed by atoms with E-state index in [0.717, 1.165) is 23.6 Å². The van der Waals surface area contributed by atoms with Crippen LogP contribution >= 0.6 is 0 Å². The first-order valence-electron chi connectivity index (χ1n) is 9.91. The maximum absolute atomic E-state index is 6.13. The SMILES string of the molecule is CCCCN1c2ccc3c(c2C(C)=CC1(C)C)COc1ccc(OC)cc1-3. The summed E-state index contributed by atoms with van der Waals surface area (Å²) in [5, 5.41) is 0. The zero-order chi connectivity index (χ0) is 19.2. The van der Waals surface area contributed by atoms with Gasteiger partial charge in [0, 0.05) is 28.9 Å². The maximum Gasteiger partial charge on any atom is 0.127 e. The fourth-order valence-electron chi connectivity index (χ4n) is 4.54. The second-order valence-electron chi connectivity index (χ2n) is 8.12. The number of methoxy groups -OCH3 is 1. The summed E-state index contributed by atoms with van der Waals surface area (Å²) >= 11 is 0. The average molecular weight is 364 g/mol. The van der Waals surface area contributed by atoms with Gasteiger partial charge in [-0.25, -0.2) is 0 Å². The predicted molar refractivity (Wildman–Crippen MR) is 113 cm³/mol. The van der Waals surface area contributed by atoms with Crippen molar-refractivity contribution >= 4 is 11.3 Å². The Morgan fingerprint density at radius 2 is 1.96 bits per heavy atom. The highest BCUT2D eigenvalue weighted by Gasteiger charge is 2.34. The van der Waals surface area contributed by atoms with E-state index in [0.29, 0.717) is 6.61 Å². The minimum Gasteiger partial charge on any atom is -0.497 e. The van der Waals surface area contributed by atoms with Gasteiger partial charge in [0.25, 0.3) is 0 Å². The molecule has 0 aromatic heterocycles. The minimum absolute atomic E-state index is 0.0249. The molecule has 27 heavy (non-hydrogen) atoms. The average Bonchev–Trinajstić information content (AvgIpc) is 2.65. The normalized spacial score (nSPS) is 16.6. The van der Waals surface area contributed by atoms with Crippen LogP contribution in [0.3, 0.4) is 0 Å². The van der Waals surface area contributed by atoms with E-state index in [2.05, 4.69) is 56.9 Å². The second-order valence-corrected chi connectivity index (χ2v) is 8.12. The third-order valence-corrected chi connectivity index (χ3v) is 5.83. The van der Waals surface area contributed by atoms with Gasteiger partial charge >= 0.3 is 0 Å². The van der Waals surface area contributed by atoms with Crippen molar-refractivity contribution < 1.29 is 9.47 Å². The number of fused-ring (bicyclic) bond motifs is 5. The zero-order valence-electron chi connectivity index (χ0n) is 17.1. The maximum atomic E-state index is 6.13. The third-order valence-electron chi connectivity index (χ3n) is 5.83. The summed E-state index contributed by atoms with van der Waals surface area (Å²) in [6, 6.07) is 10.6. The molecule has 2 aliphatic heterocycles. The number of allylic oxidation sites excluding steroid dienone is 1. The molecule has 0 unspecified atom stereocenters. The largest absolute Gasteiger partial charge is 0.497 e. The van der Waals surface area contributed by atoms with E-state index in [4.69, 9.17) is 9.47 Å². The number of hydrogen-bond donors (Lipinski definition) is 0. The van der Waals surface area contributed by atoms with Crippen LogP contribution in [0.4, 0.5) is 5.69 Å². The standard InChI is InChI=1S/C24H29NO2/c1-6-7-12-25-21-10-9-18-19-13-17(26-5)8-11-22(19)27-15-20(18)23(21)16(2)14-24(25,3)4/h8-11,13-14H,6-7,12,15H2,1-5H3. The van der Waals surface area contributed by atoms with E-state index in [-0.39, 0.29) is 5.54 Å². The van der Waals surface area contributed by atoms with Crippen molar-refractivity contribution in [1.82, 2.24) is 0 Å². The molecule has 0 saturated carbocycles. The molecule has 3 nitrogen and oxygen atoms in total. The van der Waals surface area contributed by atoms with Crippen molar-refractivity contribution in [2.75, 3.05) is 18.6 Å². The van der Waals surface area contributed by atoms with Gasteiger partial charge in [-0.15, -0.1) is 0 Å². The minimum atomic E-state index is 0.0249. The quantitative estimate of drug-likeness (QED) is 0.659. The number of benzene rings is 2. The monoisotopic (exact) mass is 363 g/mol. The van der Waals surface area contributed by atoms with Gasteiger partial charge in [0.1, 0.15) is 18.1 Å². The van der Waals surface area contributed by atoms with E-state index in [1.807, 2.05) is 12.1 Å². The molecule has 0 saturated heterocycles. The van der Waals surface area contributed by atoms with Crippen LogP contribution < -0.4 is 14.4 Å². The molecule has 2 heterocycles. The molecule has 2 aliphatic rings. The lowest BCUT2D eigenvalue weighted by molar-refractivity contribution is 0.301. The lowest BCUT2D eigenvalue weighted by Crippen LogP contribution is -2.45. The van der Waals surface area contributed by atoms with Crippen LogP contribution in [0, 0.1) is 0 Å². The van der Waals surface area contributed by atoms with Gasteiger partial charge in [-0.2, -0.15) is 0 Å². The van der Waals surface area contributed by atoms with E-state index < -0.39 is 0 Å². The summed E-state index contributed by atoms with van der Waals surface area (Å²) in [7, 11) is 1.71. The lowest BCUT2D eigenvalue weighted by atomic mass is 9.83. The topological polar surface area (TPSA) is 21.7 Å². The first-order valence-corrected chi connectivity index (χ1v) is 9.91. The second kappa shape index (κ2) is 6.63. The summed E-state index contributed by atoms with van der Waals surface area (Å²) in [4.78, 5) is 2.56. The third kappa shape index (κ3) is 2.90. The van der Waals surface area contributed by atoms with Gasteiger partial charge in [0.2, 0.25) is 0 Å². The van der Waals surface area contributed by atoms with Gasteiger partial charge in [-0.3, -0.25) is 0 Å². The molecular weight excluding hydrogens is 334 g/mol. The zero-order valence-corrected chi connectivity index (χ0v) is 17.1. The van der Waals surface area contributed by atoms with Crippen LogP contribution in [-0.4, -0.2) is 19.2 Å². The summed E-state index contributed by atoms with van der Waals surface area (Å²) in [5.74, 6) is 1.80. The first kappa shape index (κ1) is 18.0. The Balaban J connectivity index is 1.89. The summed E-state index contributed by atoms with van der Waals surface area (Å²) in [6.07, 6.45) is 4.81. The summed E-state index contributed by atoms with van der Waals surface area (Å²) < 4.78 is 11.6. The van der Waals surface area contributed by atoms with E-state index >= 15 is 0 Å². The van der Waals surface area contributed by atoms with Gasteiger partial charge in [0.15, 0.2) is 0 Å². The molecule has 0 fully saturated rings. The number of anilines is 1. The Hall–Kier alpha value is -2.42. The predicted octanol–water partition coefficient (Wildman–Crippen LogP) is 6.06. The van der Waals surface area contributed by atoms with Crippen molar-refractivity contribution in [3.05, 3.63) is 47.5 Å². The molecular formula is C24H29NO2. The molecule has 2 aromatic carbocycles. The molecule has 0 bridgehead atoms. The van der Waals surface area contributed by atoms with E-state index in [9.17, 15) is 0 Å². The van der Waals surface area contributed by atoms with Crippen molar-refractivity contribution in [2.45, 2.75) is 52.7 Å². The van der Waals surface area contributed by atoms with Crippen LogP contribution in [0.2, 0.25) is 0 Å². The van der Waals surface area contributed by atoms with Crippen LogP contribution in [0.5, 0.6) is 11.5 Å². The summed E-state index contributed by atoms with van der Waals surface area (Å²) in [5.41, 5.74) is 7.72.